The Morgan fingerprint density at radius 3 is 2.69 bits per heavy atom. The Bertz CT molecular complexity index is 762. The zero-order valence-electron chi connectivity index (χ0n) is 15.0. The van der Waals surface area contributed by atoms with Crippen molar-refractivity contribution >= 4 is 22.8 Å². The molecule has 2 aliphatic rings. The molecule has 2 aliphatic heterocycles. The topological polar surface area (TPSA) is 89.5 Å². The van der Waals surface area contributed by atoms with Crippen molar-refractivity contribution in [1.82, 2.24) is 19.4 Å². The molecule has 0 aliphatic carbocycles. The van der Waals surface area contributed by atoms with Crippen molar-refractivity contribution < 1.29 is 9.53 Å². The van der Waals surface area contributed by atoms with E-state index in [-0.39, 0.29) is 5.91 Å². The van der Waals surface area contributed by atoms with Crippen LogP contribution in [0, 0.1) is 5.92 Å². The average molecular weight is 358 g/mol. The summed E-state index contributed by atoms with van der Waals surface area (Å²) in [4.78, 5) is 24.5. The van der Waals surface area contributed by atoms with E-state index in [0.717, 1.165) is 75.6 Å². The summed E-state index contributed by atoms with van der Waals surface area (Å²) in [5, 5.41) is 1.11. The molecule has 8 heteroatoms. The number of rotatable bonds is 5. The number of primary amides is 1. The molecule has 0 spiro atoms. The van der Waals surface area contributed by atoms with Crippen molar-refractivity contribution in [3.63, 3.8) is 0 Å². The average Bonchev–Trinajstić information content (AvgIpc) is 3.07. The number of hydrogen-bond acceptors (Lipinski definition) is 6. The first-order valence-electron chi connectivity index (χ1n) is 9.34. The number of ether oxygens (including phenoxy) is 1. The van der Waals surface area contributed by atoms with Crippen LogP contribution in [0.25, 0.3) is 11.0 Å². The SMILES string of the molecule is NC(=O)CN1CCC(Cn2ccc3c(N4CCOCC4)ncnc32)CC1. The molecule has 4 rings (SSSR count). The van der Waals surface area contributed by atoms with E-state index in [1.165, 1.54) is 0 Å². The lowest BCUT2D eigenvalue weighted by atomic mass is 9.96. The minimum absolute atomic E-state index is 0.243. The van der Waals surface area contributed by atoms with Crippen LogP contribution >= 0.6 is 0 Å². The fourth-order valence-corrected chi connectivity index (χ4v) is 3.99. The first-order valence-corrected chi connectivity index (χ1v) is 9.34. The van der Waals surface area contributed by atoms with Crippen LogP contribution in [0.5, 0.6) is 0 Å². The number of nitrogens with two attached hydrogens (primary N) is 1. The number of carbonyl (C=O) groups excluding carboxylic acids is 1. The number of anilines is 1. The Balaban J connectivity index is 1.45. The summed E-state index contributed by atoms with van der Waals surface area (Å²) in [6.45, 7) is 6.42. The van der Waals surface area contributed by atoms with E-state index in [0.29, 0.717) is 12.5 Å². The number of morpholine rings is 1. The van der Waals surface area contributed by atoms with Gasteiger partial charge in [0.05, 0.1) is 25.1 Å². The van der Waals surface area contributed by atoms with E-state index in [1.807, 2.05) is 0 Å². The highest BCUT2D eigenvalue weighted by molar-refractivity contribution is 5.87. The highest BCUT2D eigenvalue weighted by Gasteiger charge is 2.22. The summed E-state index contributed by atoms with van der Waals surface area (Å²) in [7, 11) is 0. The molecule has 0 radical (unpaired) electrons. The van der Waals surface area contributed by atoms with Crippen LogP contribution in [-0.2, 0) is 16.1 Å². The first-order chi connectivity index (χ1) is 12.7. The predicted molar refractivity (Wildman–Crippen MR) is 98.9 cm³/mol. The van der Waals surface area contributed by atoms with Crippen molar-refractivity contribution in [2.45, 2.75) is 19.4 Å². The maximum Gasteiger partial charge on any atom is 0.231 e. The summed E-state index contributed by atoms with van der Waals surface area (Å²) in [5.41, 5.74) is 6.30. The van der Waals surface area contributed by atoms with Gasteiger partial charge in [0.1, 0.15) is 17.8 Å². The third kappa shape index (κ3) is 3.66. The molecule has 2 aromatic heterocycles. The second kappa shape index (κ2) is 7.59. The molecular formula is C18H26N6O2. The Hall–Kier alpha value is -2.19. The highest BCUT2D eigenvalue weighted by atomic mass is 16.5. The van der Waals surface area contributed by atoms with E-state index < -0.39 is 0 Å². The van der Waals surface area contributed by atoms with Gasteiger partial charge in [-0.3, -0.25) is 9.69 Å². The number of piperidine rings is 1. The van der Waals surface area contributed by atoms with Crippen molar-refractivity contribution in [3.05, 3.63) is 18.6 Å². The van der Waals surface area contributed by atoms with E-state index in [9.17, 15) is 4.79 Å². The lowest BCUT2D eigenvalue weighted by Gasteiger charge is -2.31. The zero-order chi connectivity index (χ0) is 17.9. The van der Waals surface area contributed by atoms with E-state index in [4.69, 9.17) is 10.5 Å². The smallest absolute Gasteiger partial charge is 0.231 e. The lowest BCUT2D eigenvalue weighted by Crippen LogP contribution is -2.40. The minimum atomic E-state index is -0.243. The Labute approximate surface area is 152 Å². The van der Waals surface area contributed by atoms with Crippen LogP contribution in [0.2, 0.25) is 0 Å². The van der Waals surface area contributed by atoms with Crippen LogP contribution in [-0.4, -0.2) is 71.3 Å². The number of fused-ring (bicyclic) bond motifs is 1. The summed E-state index contributed by atoms with van der Waals surface area (Å²) in [5.74, 6) is 1.36. The van der Waals surface area contributed by atoms with E-state index in [1.54, 1.807) is 6.33 Å². The highest BCUT2D eigenvalue weighted by Crippen LogP contribution is 2.27. The molecule has 2 fully saturated rings. The molecule has 2 N–H and O–H groups in total. The predicted octanol–water partition coefficient (Wildman–Crippen LogP) is 0.465. The van der Waals surface area contributed by atoms with Gasteiger partial charge in [0.25, 0.3) is 0 Å². The number of aromatic nitrogens is 3. The van der Waals surface area contributed by atoms with Crippen molar-refractivity contribution in [2.24, 2.45) is 11.7 Å². The zero-order valence-corrected chi connectivity index (χ0v) is 15.0. The summed E-state index contributed by atoms with van der Waals surface area (Å²) < 4.78 is 7.69. The van der Waals surface area contributed by atoms with Gasteiger partial charge in [-0.2, -0.15) is 0 Å². The van der Waals surface area contributed by atoms with Gasteiger partial charge in [-0.1, -0.05) is 0 Å². The second-order valence-electron chi connectivity index (χ2n) is 7.19. The number of amides is 1. The molecule has 4 heterocycles. The molecular weight excluding hydrogens is 332 g/mol. The summed E-state index contributed by atoms with van der Waals surface area (Å²) >= 11 is 0. The van der Waals surface area contributed by atoms with E-state index in [2.05, 4.69) is 36.6 Å². The normalized spacial score (nSPS) is 19.9. The molecule has 2 aromatic rings. The van der Waals surface area contributed by atoms with Gasteiger partial charge in [0.2, 0.25) is 5.91 Å². The van der Waals surface area contributed by atoms with Gasteiger partial charge in [-0.05, 0) is 37.9 Å². The monoisotopic (exact) mass is 358 g/mol. The molecule has 0 saturated carbocycles. The van der Waals surface area contributed by atoms with Gasteiger partial charge in [-0.15, -0.1) is 0 Å². The molecule has 140 valence electrons. The fraction of sp³-hybridized carbons (Fsp3) is 0.611. The quantitative estimate of drug-likeness (QED) is 0.835. The Morgan fingerprint density at radius 1 is 1.19 bits per heavy atom. The fourth-order valence-electron chi connectivity index (χ4n) is 3.99. The largest absolute Gasteiger partial charge is 0.378 e. The van der Waals surface area contributed by atoms with Gasteiger partial charge < -0.3 is 19.9 Å². The summed E-state index contributed by atoms with van der Waals surface area (Å²) in [6, 6.07) is 2.13. The van der Waals surface area contributed by atoms with Gasteiger partial charge in [0, 0.05) is 25.8 Å². The molecule has 26 heavy (non-hydrogen) atoms. The van der Waals surface area contributed by atoms with Gasteiger partial charge in [-0.25, -0.2) is 9.97 Å². The molecule has 0 bridgehead atoms. The minimum Gasteiger partial charge on any atom is -0.378 e. The molecule has 8 nitrogen and oxygen atoms in total. The summed E-state index contributed by atoms with van der Waals surface area (Å²) in [6.07, 6.45) is 5.95. The molecule has 1 amide bonds. The van der Waals surface area contributed by atoms with E-state index >= 15 is 0 Å². The van der Waals surface area contributed by atoms with Crippen molar-refractivity contribution in [2.75, 3.05) is 50.8 Å². The molecule has 0 atom stereocenters. The Morgan fingerprint density at radius 2 is 1.96 bits per heavy atom. The molecule has 2 saturated heterocycles. The first kappa shape index (κ1) is 17.2. The number of carbonyl (C=O) groups is 1. The third-order valence-corrected chi connectivity index (χ3v) is 5.39. The van der Waals surface area contributed by atoms with Crippen LogP contribution in [0.1, 0.15) is 12.8 Å². The maximum atomic E-state index is 11.1. The standard InChI is InChI=1S/C18H26N6O2/c19-16(25)12-22-4-1-14(2-5-22)11-24-6-3-15-17(20-13-21-18(15)24)23-7-9-26-10-8-23/h3,6,13-14H,1-2,4-5,7-12H2,(H2,19,25). The van der Waals surface area contributed by atoms with Crippen LogP contribution in [0.3, 0.4) is 0 Å². The number of nitrogens with zero attached hydrogens (tertiary/aromatic N) is 5. The van der Waals surface area contributed by atoms with Crippen LogP contribution < -0.4 is 10.6 Å². The van der Waals surface area contributed by atoms with Crippen molar-refractivity contribution in [1.29, 1.82) is 0 Å². The van der Waals surface area contributed by atoms with Gasteiger partial charge in [0.15, 0.2) is 0 Å². The van der Waals surface area contributed by atoms with Crippen LogP contribution in [0.4, 0.5) is 5.82 Å². The third-order valence-electron chi connectivity index (χ3n) is 5.39. The van der Waals surface area contributed by atoms with Crippen LogP contribution in [0.15, 0.2) is 18.6 Å². The maximum absolute atomic E-state index is 11.1. The number of likely N-dealkylation sites (tertiary alicyclic amines) is 1. The Kier molecular flexibility index (Phi) is 5.03. The second-order valence-corrected chi connectivity index (χ2v) is 7.19. The number of hydrogen-bond donors (Lipinski definition) is 1. The molecule has 0 aromatic carbocycles. The lowest BCUT2D eigenvalue weighted by molar-refractivity contribution is -0.119. The van der Waals surface area contributed by atoms with Crippen molar-refractivity contribution in [3.8, 4) is 0 Å². The molecule has 0 unspecified atom stereocenters. The van der Waals surface area contributed by atoms with Gasteiger partial charge >= 0.3 is 0 Å².